The van der Waals surface area contributed by atoms with Crippen molar-refractivity contribution in [2.24, 2.45) is 5.92 Å². The lowest BCUT2D eigenvalue weighted by Gasteiger charge is -2.21. The van der Waals surface area contributed by atoms with Crippen molar-refractivity contribution in [3.05, 3.63) is 29.8 Å². The lowest BCUT2D eigenvalue weighted by Crippen LogP contribution is -2.41. The molecule has 0 heterocycles. The second kappa shape index (κ2) is 6.25. The van der Waals surface area contributed by atoms with E-state index in [2.05, 4.69) is 5.32 Å². The summed E-state index contributed by atoms with van der Waals surface area (Å²) in [6, 6.07) is 6.25. The van der Waals surface area contributed by atoms with Gasteiger partial charge in [0.2, 0.25) is 0 Å². The largest absolute Gasteiger partial charge is 0.508 e. The molecule has 0 aliphatic rings. The SMILES string of the molecule is COCC(NC(=O)c1cccc(O)c1)C(C)C. The van der Waals surface area contributed by atoms with Gasteiger partial charge in [0, 0.05) is 12.7 Å². The van der Waals surface area contributed by atoms with Gasteiger partial charge in [-0.2, -0.15) is 0 Å². The van der Waals surface area contributed by atoms with Crippen molar-refractivity contribution in [3.63, 3.8) is 0 Å². The molecule has 1 unspecified atom stereocenters. The van der Waals surface area contributed by atoms with Crippen LogP contribution in [0.15, 0.2) is 24.3 Å². The van der Waals surface area contributed by atoms with Crippen LogP contribution in [0.3, 0.4) is 0 Å². The molecule has 0 aromatic heterocycles. The number of phenols is 1. The van der Waals surface area contributed by atoms with Crippen LogP contribution >= 0.6 is 0 Å². The van der Waals surface area contributed by atoms with Gasteiger partial charge in [-0.1, -0.05) is 19.9 Å². The summed E-state index contributed by atoms with van der Waals surface area (Å²) < 4.78 is 5.06. The quantitative estimate of drug-likeness (QED) is 0.821. The van der Waals surface area contributed by atoms with Crippen LogP contribution in [0.5, 0.6) is 5.75 Å². The third-order valence-electron chi connectivity index (χ3n) is 2.58. The Balaban J connectivity index is 2.70. The van der Waals surface area contributed by atoms with Crippen LogP contribution in [0.25, 0.3) is 0 Å². The van der Waals surface area contributed by atoms with Crippen molar-refractivity contribution in [2.45, 2.75) is 19.9 Å². The fourth-order valence-corrected chi connectivity index (χ4v) is 1.48. The van der Waals surface area contributed by atoms with Crippen LogP contribution < -0.4 is 5.32 Å². The smallest absolute Gasteiger partial charge is 0.251 e. The number of amides is 1. The molecule has 0 bridgehead atoms. The summed E-state index contributed by atoms with van der Waals surface area (Å²) in [6.07, 6.45) is 0. The minimum atomic E-state index is -0.198. The van der Waals surface area contributed by atoms with E-state index >= 15 is 0 Å². The van der Waals surface area contributed by atoms with E-state index in [1.165, 1.54) is 12.1 Å². The maximum Gasteiger partial charge on any atom is 0.251 e. The summed E-state index contributed by atoms with van der Waals surface area (Å²) in [4.78, 5) is 11.9. The van der Waals surface area contributed by atoms with E-state index in [9.17, 15) is 9.90 Å². The van der Waals surface area contributed by atoms with Gasteiger partial charge in [-0.15, -0.1) is 0 Å². The first-order valence-electron chi connectivity index (χ1n) is 5.63. The highest BCUT2D eigenvalue weighted by molar-refractivity contribution is 5.94. The fourth-order valence-electron chi connectivity index (χ4n) is 1.48. The molecule has 1 rings (SSSR count). The summed E-state index contributed by atoms with van der Waals surface area (Å²) in [5.74, 6) is 0.179. The number of rotatable bonds is 5. The normalized spacial score (nSPS) is 12.5. The topological polar surface area (TPSA) is 58.6 Å². The first kappa shape index (κ1) is 13.5. The van der Waals surface area contributed by atoms with Gasteiger partial charge in [-0.05, 0) is 24.1 Å². The monoisotopic (exact) mass is 237 g/mol. The highest BCUT2D eigenvalue weighted by Crippen LogP contribution is 2.11. The Hall–Kier alpha value is -1.55. The van der Waals surface area contributed by atoms with E-state index in [4.69, 9.17) is 4.74 Å². The minimum absolute atomic E-state index is 0.0325. The van der Waals surface area contributed by atoms with Crippen molar-refractivity contribution < 1.29 is 14.6 Å². The third-order valence-corrected chi connectivity index (χ3v) is 2.58. The van der Waals surface area contributed by atoms with Gasteiger partial charge in [0.15, 0.2) is 0 Å². The molecule has 0 radical (unpaired) electrons. The molecule has 0 aliphatic heterocycles. The Bertz CT molecular complexity index is 377. The van der Waals surface area contributed by atoms with Crippen LogP contribution in [0.4, 0.5) is 0 Å². The van der Waals surface area contributed by atoms with Crippen molar-refractivity contribution in [3.8, 4) is 5.75 Å². The first-order chi connectivity index (χ1) is 8.04. The van der Waals surface area contributed by atoms with Crippen LogP contribution in [-0.4, -0.2) is 30.8 Å². The molecule has 1 aromatic carbocycles. The predicted octanol–water partition coefficient (Wildman–Crippen LogP) is 1.79. The molecule has 0 aliphatic carbocycles. The zero-order valence-electron chi connectivity index (χ0n) is 10.4. The maximum absolute atomic E-state index is 11.9. The number of ether oxygens (including phenoxy) is 1. The summed E-state index contributed by atoms with van der Waals surface area (Å²) in [5, 5.41) is 12.2. The lowest BCUT2D eigenvalue weighted by atomic mass is 10.0. The lowest BCUT2D eigenvalue weighted by molar-refractivity contribution is 0.0866. The van der Waals surface area contributed by atoms with Crippen molar-refractivity contribution in [1.29, 1.82) is 0 Å². The molecule has 2 N–H and O–H groups in total. The van der Waals surface area contributed by atoms with Gasteiger partial charge >= 0.3 is 0 Å². The first-order valence-corrected chi connectivity index (χ1v) is 5.63. The van der Waals surface area contributed by atoms with Crippen LogP contribution in [0.1, 0.15) is 24.2 Å². The number of phenolic OH excluding ortho intramolecular Hbond substituents is 1. The molecule has 4 nitrogen and oxygen atoms in total. The zero-order valence-corrected chi connectivity index (χ0v) is 10.4. The van der Waals surface area contributed by atoms with Crippen LogP contribution in [-0.2, 0) is 4.74 Å². The minimum Gasteiger partial charge on any atom is -0.508 e. The molecule has 1 amide bonds. The molecule has 0 spiro atoms. The maximum atomic E-state index is 11.9. The van der Waals surface area contributed by atoms with Crippen molar-refractivity contribution in [2.75, 3.05) is 13.7 Å². The van der Waals surface area contributed by atoms with E-state index in [1.54, 1.807) is 19.2 Å². The summed E-state index contributed by atoms with van der Waals surface area (Å²) in [6.45, 7) is 4.51. The Morgan fingerprint density at radius 1 is 1.47 bits per heavy atom. The average Bonchev–Trinajstić information content (AvgIpc) is 2.28. The molecule has 0 saturated heterocycles. The predicted molar refractivity (Wildman–Crippen MR) is 66.1 cm³/mol. The Morgan fingerprint density at radius 3 is 2.71 bits per heavy atom. The number of hydrogen-bond donors (Lipinski definition) is 2. The van der Waals surface area contributed by atoms with E-state index in [1.807, 2.05) is 13.8 Å². The van der Waals surface area contributed by atoms with E-state index < -0.39 is 0 Å². The summed E-state index contributed by atoms with van der Waals surface area (Å²) in [7, 11) is 1.61. The Kier molecular flexibility index (Phi) is 4.97. The summed E-state index contributed by atoms with van der Waals surface area (Å²) >= 11 is 0. The van der Waals surface area contributed by atoms with E-state index in [0.29, 0.717) is 12.2 Å². The molecule has 1 atom stereocenters. The number of nitrogens with one attached hydrogen (secondary N) is 1. The van der Waals surface area contributed by atoms with Crippen molar-refractivity contribution in [1.82, 2.24) is 5.32 Å². The fraction of sp³-hybridized carbons (Fsp3) is 0.462. The number of methoxy groups -OCH3 is 1. The van der Waals surface area contributed by atoms with E-state index in [0.717, 1.165) is 0 Å². The highest BCUT2D eigenvalue weighted by atomic mass is 16.5. The molecular weight excluding hydrogens is 218 g/mol. The molecule has 0 saturated carbocycles. The van der Waals surface area contributed by atoms with Crippen LogP contribution in [0.2, 0.25) is 0 Å². The molecule has 4 heteroatoms. The molecular formula is C13H19NO3. The van der Waals surface area contributed by atoms with Gasteiger partial charge in [-0.3, -0.25) is 4.79 Å². The van der Waals surface area contributed by atoms with Crippen molar-refractivity contribution >= 4 is 5.91 Å². The van der Waals surface area contributed by atoms with E-state index in [-0.39, 0.29) is 23.6 Å². The highest BCUT2D eigenvalue weighted by Gasteiger charge is 2.17. The number of aromatic hydroxyl groups is 1. The second-order valence-electron chi connectivity index (χ2n) is 4.33. The molecule has 94 valence electrons. The Labute approximate surface area is 102 Å². The van der Waals surface area contributed by atoms with Gasteiger partial charge in [0.1, 0.15) is 5.75 Å². The molecule has 1 aromatic rings. The number of carbonyl (C=O) groups is 1. The molecule has 17 heavy (non-hydrogen) atoms. The van der Waals surface area contributed by atoms with Gasteiger partial charge in [0.25, 0.3) is 5.91 Å². The Morgan fingerprint density at radius 2 is 2.18 bits per heavy atom. The number of benzene rings is 1. The summed E-state index contributed by atoms with van der Waals surface area (Å²) in [5.41, 5.74) is 0.451. The average molecular weight is 237 g/mol. The van der Waals surface area contributed by atoms with Gasteiger partial charge < -0.3 is 15.2 Å². The zero-order chi connectivity index (χ0) is 12.8. The second-order valence-corrected chi connectivity index (χ2v) is 4.33. The van der Waals surface area contributed by atoms with Gasteiger partial charge in [-0.25, -0.2) is 0 Å². The van der Waals surface area contributed by atoms with Crippen LogP contribution in [0, 0.1) is 5.92 Å². The molecule has 0 fully saturated rings. The number of carbonyl (C=O) groups excluding carboxylic acids is 1. The van der Waals surface area contributed by atoms with Gasteiger partial charge in [0.05, 0.1) is 12.6 Å². The third kappa shape index (κ3) is 4.07. The number of hydrogen-bond acceptors (Lipinski definition) is 3. The standard InChI is InChI=1S/C13H19NO3/c1-9(2)12(8-17-3)14-13(16)10-5-4-6-11(15)7-10/h4-7,9,12,15H,8H2,1-3H3,(H,14,16).